The van der Waals surface area contributed by atoms with Crippen LogP contribution >= 0.6 is 11.8 Å². The van der Waals surface area contributed by atoms with Gasteiger partial charge >= 0.3 is 5.69 Å². The first-order valence-electron chi connectivity index (χ1n) is 8.09. The van der Waals surface area contributed by atoms with Crippen LogP contribution < -0.4 is 17.0 Å². The van der Waals surface area contributed by atoms with Crippen molar-refractivity contribution < 1.29 is 4.79 Å². The minimum Gasteiger partial charge on any atom is -0.384 e. The molecule has 8 nitrogen and oxygen atoms in total. The lowest BCUT2D eigenvalue weighted by Gasteiger charge is -2.13. The number of aromatic nitrogens is 4. The first kappa shape index (κ1) is 18.0. The fourth-order valence-electron chi connectivity index (χ4n) is 2.63. The molecule has 3 aromatic rings. The molecule has 0 saturated heterocycles. The van der Waals surface area contributed by atoms with Gasteiger partial charge < -0.3 is 5.73 Å². The molecule has 9 heteroatoms. The van der Waals surface area contributed by atoms with Gasteiger partial charge in [0.2, 0.25) is 0 Å². The van der Waals surface area contributed by atoms with Crippen LogP contribution in [0.4, 0.5) is 5.82 Å². The molecule has 0 aliphatic carbocycles. The van der Waals surface area contributed by atoms with Crippen molar-refractivity contribution >= 4 is 28.9 Å². The largest absolute Gasteiger partial charge is 0.384 e. The van der Waals surface area contributed by atoms with E-state index in [-0.39, 0.29) is 23.1 Å². The van der Waals surface area contributed by atoms with Crippen molar-refractivity contribution in [3.63, 3.8) is 0 Å². The van der Waals surface area contributed by atoms with Crippen LogP contribution in [-0.4, -0.2) is 30.5 Å². The number of Topliss-reactive ketones (excluding diaryl/α,β-unsaturated/α-hetero) is 1. The summed E-state index contributed by atoms with van der Waals surface area (Å²) in [5, 5.41) is 0.638. The maximum absolute atomic E-state index is 12.6. The lowest BCUT2D eigenvalue weighted by molar-refractivity contribution is 0.102. The topological polar surface area (TPSA) is 115 Å². The number of nitrogens with two attached hydrogens (primary N) is 1. The van der Waals surface area contributed by atoms with E-state index in [4.69, 9.17) is 5.73 Å². The number of anilines is 1. The molecule has 0 aliphatic heterocycles. The molecule has 136 valence electrons. The second-order valence-electron chi connectivity index (χ2n) is 6.27. The minimum absolute atomic E-state index is 0.0127. The summed E-state index contributed by atoms with van der Waals surface area (Å²) in [6.45, 7) is 4.15. The van der Waals surface area contributed by atoms with Crippen LogP contribution in [0.15, 0.2) is 45.3 Å². The van der Waals surface area contributed by atoms with Gasteiger partial charge in [-0.15, -0.1) is 0 Å². The summed E-state index contributed by atoms with van der Waals surface area (Å²) in [5.41, 5.74) is 5.33. The van der Waals surface area contributed by atoms with Crippen LogP contribution in [-0.2, 0) is 6.54 Å². The van der Waals surface area contributed by atoms with Crippen molar-refractivity contribution in [2.75, 3.05) is 11.5 Å². The van der Waals surface area contributed by atoms with Crippen molar-refractivity contribution in [2.45, 2.75) is 25.5 Å². The molecule has 0 aliphatic rings. The number of H-pyrrole nitrogens is 1. The van der Waals surface area contributed by atoms with E-state index >= 15 is 0 Å². The van der Waals surface area contributed by atoms with Crippen LogP contribution in [0.1, 0.15) is 24.2 Å². The van der Waals surface area contributed by atoms with Crippen LogP contribution in [0.3, 0.4) is 0 Å². The van der Waals surface area contributed by atoms with Gasteiger partial charge in [-0.05, 0) is 18.1 Å². The van der Waals surface area contributed by atoms with Gasteiger partial charge in [-0.3, -0.25) is 23.5 Å². The lowest BCUT2D eigenvalue weighted by Crippen LogP contribution is -2.37. The Bertz CT molecular complexity index is 1080. The van der Waals surface area contributed by atoms with Crippen LogP contribution in [0.25, 0.3) is 5.52 Å². The molecule has 0 saturated carbocycles. The van der Waals surface area contributed by atoms with Gasteiger partial charge in [-0.1, -0.05) is 31.7 Å². The van der Waals surface area contributed by atoms with Gasteiger partial charge in [0, 0.05) is 12.7 Å². The number of hydrogen-bond donors (Lipinski definition) is 2. The Balaban J connectivity index is 1.88. The number of carbonyl (C=O) groups is 1. The highest BCUT2D eigenvalue weighted by atomic mass is 32.2. The summed E-state index contributed by atoms with van der Waals surface area (Å²) < 4.78 is 3.08. The molecule has 0 bridgehead atoms. The monoisotopic (exact) mass is 373 g/mol. The van der Waals surface area contributed by atoms with Crippen molar-refractivity contribution in [3.8, 4) is 0 Å². The summed E-state index contributed by atoms with van der Waals surface area (Å²) in [6.07, 6.45) is 3.55. The molecule has 0 amide bonds. The maximum atomic E-state index is 12.6. The van der Waals surface area contributed by atoms with Gasteiger partial charge in [-0.2, -0.15) is 0 Å². The molecule has 3 N–H and O–H groups in total. The smallest absolute Gasteiger partial charge is 0.329 e. The number of aromatic amines is 1. The number of pyridine rings is 1. The third kappa shape index (κ3) is 3.43. The maximum Gasteiger partial charge on any atom is 0.329 e. The molecule has 0 atom stereocenters. The van der Waals surface area contributed by atoms with E-state index in [1.54, 1.807) is 6.20 Å². The van der Waals surface area contributed by atoms with Crippen molar-refractivity contribution in [1.82, 2.24) is 18.9 Å². The zero-order valence-electron chi connectivity index (χ0n) is 14.4. The van der Waals surface area contributed by atoms with E-state index in [0.717, 1.165) is 5.52 Å². The minimum atomic E-state index is -0.758. The van der Waals surface area contributed by atoms with Gasteiger partial charge in [0.15, 0.2) is 10.9 Å². The summed E-state index contributed by atoms with van der Waals surface area (Å²) in [6, 6.07) is 5.67. The number of nitrogen functional groups attached to an aromatic ring is 1. The van der Waals surface area contributed by atoms with Gasteiger partial charge in [0.05, 0.1) is 17.5 Å². The van der Waals surface area contributed by atoms with E-state index in [1.165, 1.54) is 16.3 Å². The summed E-state index contributed by atoms with van der Waals surface area (Å²) >= 11 is 1.21. The number of nitrogens with one attached hydrogen (secondary N) is 1. The number of carbonyl (C=O) groups excluding carboxylic acids is 1. The highest BCUT2D eigenvalue weighted by molar-refractivity contribution is 7.99. The van der Waals surface area contributed by atoms with Gasteiger partial charge in [0.1, 0.15) is 11.4 Å². The highest BCUT2D eigenvalue weighted by Gasteiger charge is 2.20. The Morgan fingerprint density at radius 1 is 1.35 bits per heavy atom. The SMILES string of the molecule is CC(C)Cn1c(N)c(C(=O)CSc2ncc3ccccn23)c(=O)[nH]c1=O. The third-order valence-electron chi connectivity index (χ3n) is 3.80. The molecule has 0 radical (unpaired) electrons. The fourth-order valence-corrected chi connectivity index (χ4v) is 3.47. The Labute approximate surface area is 153 Å². The molecule has 3 aromatic heterocycles. The number of rotatable bonds is 6. The van der Waals surface area contributed by atoms with Crippen LogP contribution in [0.5, 0.6) is 0 Å². The first-order valence-corrected chi connectivity index (χ1v) is 9.07. The number of imidazole rings is 1. The lowest BCUT2D eigenvalue weighted by atomic mass is 10.2. The van der Waals surface area contributed by atoms with Crippen molar-refractivity contribution in [1.29, 1.82) is 0 Å². The quantitative estimate of drug-likeness (QED) is 0.498. The number of thioether (sulfide) groups is 1. The molecule has 0 fully saturated rings. The Kier molecular flexibility index (Phi) is 4.99. The van der Waals surface area contributed by atoms with Crippen molar-refractivity contribution in [3.05, 3.63) is 57.0 Å². The van der Waals surface area contributed by atoms with E-state index in [0.29, 0.717) is 11.7 Å². The normalized spacial score (nSPS) is 11.3. The highest BCUT2D eigenvalue weighted by Crippen LogP contribution is 2.20. The zero-order valence-corrected chi connectivity index (χ0v) is 15.2. The van der Waals surface area contributed by atoms with E-state index < -0.39 is 17.0 Å². The number of ketones is 1. The molecule has 3 rings (SSSR count). The summed E-state index contributed by atoms with van der Waals surface area (Å²) in [4.78, 5) is 43.1. The fraction of sp³-hybridized carbons (Fsp3) is 0.294. The number of fused-ring (bicyclic) bond motifs is 1. The molecule has 0 aromatic carbocycles. The Hall–Kier alpha value is -2.81. The second kappa shape index (κ2) is 7.20. The standard InChI is InChI=1S/C17H19N5O3S/c1-10(2)8-22-14(18)13(15(24)20-16(22)25)12(23)9-26-17-19-7-11-5-3-4-6-21(11)17/h3-7,10H,8-9,18H2,1-2H3,(H,20,24,25). The van der Waals surface area contributed by atoms with Crippen LogP contribution in [0.2, 0.25) is 0 Å². The van der Waals surface area contributed by atoms with Crippen molar-refractivity contribution in [2.24, 2.45) is 5.92 Å². The van der Waals surface area contributed by atoms with Crippen LogP contribution in [0, 0.1) is 5.92 Å². The predicted octanol–water partition coefficient (Wildman–Crippen LogP) is 1.40. The summed E-state index contributed by atoms with van der Waals surface area (Å²) in [7, 11) is 0. The predicted molar refractivity (Wildman–Crippen MR) is 101 cm³/mol. The van der Waals surface area contributed by atoms with Gasteiger partial charge in [-0.25, -0.2) is 9.78 Å². The Morgan fingerprint density at radius 3 is 2.85 bits per heavy atom. The average Bonchev–Trinajstić information content (AvgIpc) is 2.99. The average molecular weight is 373 g/mol. The molecule has 26 heavy (non-hydrogen) atoms. The first-order chi connectivity index (χ1) is 12.4. The Morgan fingerprint density at radius 2 is 2.12 bits per heavy atom. The number of hydrogen-bond acceptors (Lipinski definition) is 6. The molecule has 0 spiro atoms. The van der Waals surface area contributed by atoms with E-state index in [2.05, 4.69) is 9.97 Å². The van der Waals surface area contributed by atoms with Gasteiger partial charge in [0.25, 0.3) is 5.56 Å². The molecular weight excluding hydrogens is 354 g/mol. The molecule has 0 unspecified atom stereocenters. The second-order valence-corrected chi connectivity index (χ2v) is 7.21. The van der Waals surface area contributed by atoms with E-state index in [9.17, 15) is 14.4 Å². The summed E-state index contributed by atoms with van der Waals surface area (Å²) in [5.74, 6) is -0.416. The molecule has 3 heterocycles. The number of nitrogens with zero attached hydrogens (tertiary/aromatic N) is 3. The van der Waals surface area contributed by atoms with E-state index in [1.807, 2.05) is 42.6 Å². The third-order valence-corrected chi connectivity index (χ3v) is 4.77. The zero-order chi connectivity index (χ0) is 18.8. The molecular formula is C17H19N5O3S.